The van der Waals surface area contributed by atoms with Gasteiger partial charge in [0, 0.05) is 24.9 Å². The fraction of sp³-hybridized carbons (Fsp3) is 0.654. The first kappa shape index (κ1) is 25.4. The van der Waals surface area contributed by atoms with E-state index in [1.54, 1.807) is 24.3 Å². The summed E-state index contributed by atoms with van der Waals surface area (Å²) < 4.78 is 11.9. The van der Waals surface area contributed by atoms with Crippen molar-refractivity contribution in [3.8, 4) is 5.75 Å². The Balaban J connectivity index is 1.58. The van der Waals surface area contributed by atoms with Crippen LogP contribution in [0.15, 0.2) is 24.3 Å². The van der Waals surface area contributed by atoms with Crippen LogP contribution in [0, 0.1) is 11.8 Å². The second-order valence-electron chi connectivity index (χ2n) is 9.81. The molecule has 3 saturated heterocycles. The summed E-state index contributed by atoms with van der Waals surface area (Å²) in [6.45, 7) is 6.62. The van der Waals surface area contributed by atoms with Gasteiger partial charge in [0.25, 0.3) is 0 Å². The van der Waals surface area contributed by atoms with E-state index >= 15 is 0 Å². The molecule has 3 fully saturated rings. The molecule has 3 unspecified atom stereocenters. The lowest BCUT2D eigenvalue weighted by atomic mass is 9.70. The number of likely N-dealkylation sites (tertiary alicyclic amines) is 1. The van der Waals surface area contributed by atoms with Gasteiger partial charge < -0.3 is 30.1 Å². The maximum Gasteiger partial charge on any atom is 0.246 e. The summed E-state index contributed by atoms with van der Waals surface area (Å²) in [5.74, 6) is -1.44. The Morgan fingerprint density at radius 1 is 1.26 bits per heavy atom. The second kappa shape index (κ2) is 10.5. The molecule has 9 heteroatoms. The number of hydrogen-bond acceptors (Lipinski definition) is 6. The van der Waals surface area contributed by atoms with Crippen molar-refractivity contribution in [3.63, 3.8) is 0 Å². The molecule has 3 aliphatic rings. The van der Waals surface area contributed by atoms with E-state index in [-0.39, 0.29) is 36.9 Å². The van der Waals surface area contributed by atoms with E-state index in [0.717, 1.165) is 12.8 Å². The first-order valence-corrected chi connectivity index (χ1v) is 12.8. The van der Waals surface area contributed by atoms with E-state index in [0.29, 0.717) is 37.3 Å². The molecule has 192 valence electrons. The van der Waals surface area contributed by atoms with E-state index in [1.165, 1.54) is 4.90 Å². The second-order valence-corrected chi connectivity index (χ2v) is 9.81. The molecular formula is C26H37N3O6. The molecule has 0 radical (unpaired) electrons. The van der Waals surface area contributed by atoms with Crippen LogP contribution in [0.4, 0.5) is 5.69 Å². The predicted octanol–water partition coefficient (Wildman–Crippen LogP) is 2.09. The summed E-state index contributed by atoms with van der Waals surface area (Å²) in [6, 6.07) is 6.26. The van der Waals surface area contributed by atoms with Gasteiger partial charge in [0.1, 0.15) is 17.4 Å². The van der Waals surface area contributed by atoms with E-state index in [4.69, 9.17) is 9.47 Å². The molecule has 3 N–H and O–H groups in total. The molecule has 3 amide bonds. The van der Waals surface area contributed by atoms with Gasteiger partial charge in [-0.3, -0.25) is 14.4 Å². The largest absolute Gasteiger partial charge is 0.494 e. The van der Waals surface area contributed by atoms with Gasteiger partial charge in [-0.2, -0.15) is 0 Å². The molecule has 2 bridgehead atoms. The Bertz CT molecular complexity index is 938. The number of fused-ring (bicyclic) bond motifs is 1. The molecular weight excluding hydrogens is 450 g/mol. The summed E-state index contributed by atoms with van der Waals surface area (Å²) in [4.78, 5) is 42.1. The average molecular weight is 488 g/mol. The lowest BCUT2D eigenvalue weighted by Crippen LogP contribution is -2.56. The number of amides is 3. The number of aliphatic hydroxyl groups is 1. The average Bonchev–Trinajstić information content (AvgIpc) is 3.46. The van der Waals surface area contributed by atoms with Crippen LogP contribution in [0.2, 0.25) is 0 Å². The van der Waals surface area contributed by atoms with Crippen LogP contribution >= 0.6 is 0 Å². The zero-order chi connectivity index (χ0) is 25.2. The highest BCUT2D eigenvalue weighted by Gasteiger charge is 2.74. The Morgan fingerprint density at radius 2 is 2.00 bits per heavy atom. The fourth-order valence-electron chi connectivity index (χ4n) is 6.09. The van der Waals surface area contributed by atoms with Crippen LogP contribution in [0.25, 0.3) is 0 Å². The third kappa shape index (κ3) is 4.63. The zero-order valence-electron chi connectivity index (χ0n) is 20.8. The Kier molecular flexibility index (Phi) is 7.66. The predicted molar refractivity (Wildman–Crippen MR) is 130 cm³/mol. The third-order valence-electron chi connectivity index (χ3n) is 7.45. The molecule has 35 heavy (non-hydrogen) atoms. The standard InChI is InChI=1S/C26H37N3O6/c1-4-7-16(3)27-24(32)22-26-13-12-19(35-26)20(21(26)25(33)29(22)14-6-15-30)23(31)28-17-8-10-18(11-9-17)34-5-2/h8-11,16,19-22,30H,4-7,12-15H2,1-3H3,(H,27,32)(H,28,31)/t16?,19-,20+,21-,22?,26?/m0/s1. The highest BCUT2D eigenvalue weighted by atomic mass is 16.5. The van der Waals surface area contributed by atoms with Crippen molar-refractivity contribution in [2.75, 3.05) is 25.1 Å². The molecule has 1 aromatic carbocycles. The molecule has 3 heterocycles. The number of rotatable bonds is 11. The summed E-state index contributed by atoms with van der Waals surface area (Å²) in [5.41, 5.74) is -0.408. The van der Waals surface area contributed by atoms with Crippen LogP contribution in [0.3, 0.4) is 0 Å². The minimum atomic E-state index is -1.02. The van der Waals surface area contributed by atoms with Crippen LogP contribution in [0.1, 0.15) is 52.9 Å². The van der Waals surface area contributed by atoms with Gasteiger partial charge in [-0.1, -0.05) is 13.3 Å². The minimum Gasteiger partial charge on any atom is -0.494 e. The van der Waals surface area contributed by atoms with Crippen LogP contribution in [-0.2, 0) is 19.1 Å². The van der Waals surface area contributed by atoms with Gasteiger partial charge in [-0.05, 0) is 63.8 Å². The number of carbonyl (C=O) groups is 3. The van der Waals surface area contributed by atoms with Crippen molar-refractivity contribution < 1.29 is 29.0 Å². The van der Waals surface area contributed by atoms with Gasteiger partial charge in [0.05, 0.1) is 24.5 Å². The van der Waals surface area contributed by atoms with Crippen molar-refractivity contribution in [2.45, 2.75) is 76.7 Å². The Labute approximate surface area is 206 Å². The minimum absolute atomic E-state index is 0.0323. The zero-order valence-corrected chi connectivity index (χ0v) is 20.8. The summed E-state index contributed by atoms with van der Waals surface area (Å²) in [6.07, 6.45) is 2.88. The number of nitrogens with zero attached hydrogens (tertiary/aromatic N) is 1. The van der Waals surface area contributed by atoms with E-state index < -0.39 is 29.6 Å². The number of hydrogen-bond donors (Lipinski definition) is 3. The maximum atomic E-state index is 13.7. The van der Waals surface area contributed by atoms with Gasteiger partial charge in [-0.25, -0.2) is 0 Å². The van der Waals surface area contributed by atoms with E-state index in [9.17, 15) is 19.5 Å². The van der Waals surface area contributed by atoms with Crippen molar-refractivity contribution in [2.24, 2.45) is 11.8 Å². The SMILES string of the molecule is CCCC(C)NC(=O)C1N(CCCO)C(=O)[C@@H]2[C@H](C(=O)Nc3ccc(OCC)cc3)[C@@H]3CCC12O3. The van der Waals surface area contributed by atoms with Crippen LogP contribution in [0.5, 0.6) is 5.75 Å². The van der Waals surface area contributed by atoms with E-state index in [2.05, 4.69) is 17.6 Å². The molecule has 0 saturated carbocycles. The smallest absolute Gasteiger partial charge is 0.246 e. The number of carbonyl (C=O) groups excluding carboxylic acids is 3. The molecule has 3 aliphatic heterocycles. The molecule has 1 spiro atoms. The topological polar surface area (TPSA) is 117 Å². The number of aliphatic hydroxyl groups excluding tert-OH is 1. The van der Waals surface area contributed by atoms with Crippen molar-refractivity contribution in [1.29, 1.82) is 0 Å². The highest BCUT2D eigenvalue weighted by molar-refractivity contribution is 6.02. The Hall–Kier alpha value is -2.65. The lowest BCUT2D eigenvalue weighted by Gasteiger charge is -2.34. The molecule has 4 rings (SSSR count). The van der Waals surface area contributed by atoms with Crippen LogP contribution < -0.4 is 15.4 Å². The van der Waals surface area contributed by atoms with Crippen LogP contribution in [-0.4, -0.2) is 71.3 Å². The molecule has 6 atom stereocenters. The number of benzene rings is 1. The van der Waals surface area contributed by atoms with Crippen molar-refractivity contribution in [3.05, 3.63) is 24.3 Å². The Morgan fingerprint density at radius 3 is 2.66 bits per heavy atom. The third-order valence-corrected chi connectivity index (χ3v) is 7.45. The highest BCUT2D eigenvalue weighted by Crippen LogP contribution is 2.58. The molecule has 1 aromatic rings. The first-order valence-electron chi connectivity index (χ1n) is 12.8. The normalized spacial score (nSPS) is 29.7. The van der Waals surface area contributed by atoms with E-state index in [1.807, 2.05) is 13.8 Å². The lowest BCUT2D eigenvalue weighted by molar-refractivity contribution is -0.141. The van der Waals surface area contributed by atoms with Crippen molar-refractivity contribution in [1.82, 2.24) is 10.2 Å². The number of nitrogens with one attached hydrogen (secondary N) is 2. The first-order chi connectivity index (χ1) is 16.9. The number of ether oxygens (including phenoxy) is 2. The monoisotopic (exact) mass is 487 g/mol. The fourth-order valence-corrected chi connectivity index (χ4v) is 6.09. The summed E-state index contributed by atoms with van der Waals surface area (Å²) in [7, 11) is 0. The van der Waals surface area contributed by atoms with Crippen molar-refractivity contribution >= 4 is 23.4 Å². The molecule has 0 aliphatic carbocycles. The quantitative estimate of drug-likeness (QED) is 0.440. The van der Waals surface area contributed by atoms with Gasteiger partial charge in [0.15, 0.2) is 0 Å². The molecule has 9 nitrogen and oxygen atoms in total. The summed E-state index contributed by atoms with van der Waals surface area (Å²) >= 11 is 0. The van der Waals surface area contributed by atoms with Gasteiger partial charge >= 0.3 is 0 Å². The van der Waals surface area contributed by atoms with Gasteiger partial charge in [0.2, 0.25) is 17.7 Å². The summed E-state index contributed by atoms with van der Waals surface area (Å²) in [5, 5.41) is 15.4. The molecule has 0 aromatic heterocycles. The number of anilines is 1. The maximum absolute atomic E-state index is 13.7. The van der Waals surface area contributed by atoms with Gasteiger partial charge in [-0.15, -0.1) is 0 Å².